The number of hydrogen-bond acceptors (Lipinski definition) is 4. The van der Waals surface area contributed by atoms with Crippen molar-refractivity contribution < 1.29 is 14.3 Å². The lowest BCUT2D eigenvalue weighted by Gasteiger charge is -2.26. The largest absolute Gasteiger partial charge is 0.497 e. The average molecular weight is 448 g/mol. The van der Waals surface area contributed by atoms with Crippen LogP contribution in [0.1, 0.15) is 73.6 Å². The standard InChI is InChI=1S/C27H33N3O3/c1-4-6-8-16-30-26(20-10-9-11-22(18-20)33-17-7-5-2)23-24(28-29-25(23)27(30)31)19-12-14-21(32-3)15-13-19/h9-15,18,26H,4-8,16-17H2,1-3H3,(H,28,29). The fourth-order valence-corrected chi connectivity index (χ4v) is 4.38. The quantitative estimate of drug-likeness (QED) is 0.366. The predicted octanol–water partition coefficient (Wildman–Crippen LogP) is 6.00. The molecule has 0 saturated heterocycles. The summed E-state index contributed by atoms with van der Waals surface area (Å²) >= 11 is 0. The fourth-order valence-electron chi connectivity index (χ4n) is 4.38. The molecule has 4 rings (SSSR count). The van der Waals surface area contributed by atoms with E-state index in [9.17, 15) is 4.79 Å². The molecule has 6 nitrogen and oxygen atoms in total. The van der Waals surface area contributed by atoms with Crippen molar-refractivity contribution in [1.29, 1.82) is 0 Å². The lowest BCUT2D eigenvalue weighted by Crippen LogP contribution is -2.30. The first-order chi connectivity index (χ1) is 16.2. The fraction of sp³-hybridized carbons (Fsp3) is 0.407. The van der Waals surface area contributed by atoms with Gasteiger partial charge in [0.25, 0.3) is 5.91 Å². The van der Waals surface area contributed by atoms with Crippen LogP contribution in [0.25, 0.3) is 11.3 Å². The van der Waals surface area contributed by atoms with Crippen LogP contribution in [0.3, 0.4) is 0 Å². The Hall–Kier alpha value is -3.28. The number of hydrogen-bond donors (Lipinski definition) is 1. The van der Waals surface area contributed by atoms with E-state index in [1.165, 1.54) is 0 Å². The van der Waals surface area contributed by atoms with E-state index in [0.29, 0.717) is 18.8 Å². The number of benzene rings is 2. The number of unbranched alkanes of at least 4 members (excludes halogenated alkanes) is 3. The van der Waals surface area contributed by atoms with Crippen LogP contribution >= 0.6 is 0 Å². The first kappa shape index (κ1) is 22.9. The Morgan fingerprint density at radius 3 is 2.52 bits per heavy atom. The van der Waals surface area contributed by atoms with E-state index in [-0.39, 0.29) is 11.9 Å². The molecule has 0 spiro atoms. The molecule has 1 unspecified atom stereocenters. The van der Waals surface area contributed by atoms with E-state index in [4.69, 9.17) is 9.47 Å². The van der Waals surface area contributed by atoms with Crippen LogP contribution in [0.15, 0.2) is 48.5 Å². The van der Waals surface area contributed by atoms with Gasteiger partial charge in [0, 0.05) is 17.7 Å². The number of carbonyl (C=O) groups excluding carboxylic acids is 1. The van der Waals surface area contributed by atoms with Gasteiger partial charge in [-0.15, -0.1) is 0 Å². The van der Waals surface area contributed by atoms with Gasteiger partial charge in [-0.2, -0.15) is 5.10 Å². The summed E-state index contributed by atoms with van der Waals surface area (Å²) in [5.74, 6) is 1.64. The highest BCUT2D eigenvalue weighted by atomic mass is 16.5. The Balaban J connectivity index is 1.74. The molecule has 0 fully saturated rings. The zero-order valence-corrected chi connectivity index (χ0v) is 19.8. The highest BCUT2D eigenvalue weighted by Gasteiger charge is 2.41. The number of rotatable bonds is 11. The van der Waals surface area contributed by atoms with Crippen LogP contribution in [-0.4, -0.2) is 41.3 Å². The minimum Gasteiger partial charge on any atom is -0.497 e. The number of fused-ring (bicyclic) bond motifs is 1. The maximum absolute atomic E-state index is 13.4. The van der Waals surface area contributed by atoms with Crippen LogP contribution < -0.4 is 9.47 Å². The summed E-state index contributed by atoms with van der Waals surface area (Å²) in [5, 5.41) is 7.60. The van der Waals surface area contributed by atoms with Crippen molar-refractivity contribution in [1.82, 2.24) is 15.1 Å². The molecule has 1 aliphatic rings. The van der Waals surface area contributed by atoms with E-state index in [1.807, 2.05) is 41.3 Å². The second kappa shape index (κ2) is 10.6. The molecule has 174 valence electrons. The van der Waals surface area contributed by atoms with Crippen LogP contribution in [0.5, 0.6) is 11.5 Å². The number of methoxy groups -OCH3 is 1. The number of nitrogens with zero attached hydrogens (tertiary/aromatic N) is 2. The van der Waals surface area contributed by atoms with Gasteiger partial charge >= 0.3 is 0 Å². The SMILES string of the molecule is CCCCCN1C(=O)c2[nH]nc(-c3ccc(OC)cc3)c2C1c1cccc(OCCCC)c1. The topological polar surface area (TPSA) is 67.5 Å². The first-order valence-electron chi connectivity index (χ1n) is 11.9. The third kappa shape index (κ3) is 4.75. The Morgan fingerprint density at radius 2 is 1.79 bits per heavy atom. The number of ether oxygens (including phenoxy) is 2. The monoisotopic (exact) mass is 447 g/mol. The summed E-state index contributed by atoms with van der Waals surface area (Å²) in [5.41, 5.74) is 4.33. The Kier molecular flexibility index (Phi) is 7.33. The number of aromatic nitrogens is 2. The van der Waals surface area contributed by atoms with Gasteiger partial charge in [-0.3, -0.25) is 9.89 Å². The molecule has 2 heterocycles. The maximum atomic E-state index is 13.4. The Bertz CT molecular complexity index is 1070. The Morgan fingerprint density at radius 1 is 1.00 bits per heavy atom. The summed E-state index contributed by atoms with van der Waals surface area (Å²) in [6.45, 7) is 5.73. The molecule has 0 saturated carbocycles. The van der Waals surface area contributed by atoms with Gasteiger partial charge in [-0.05, 0) is 54.8 Å². The van der Waals surface area contributed by atoms with Crippen molar-refractivity contribution in [3.8, 4) is 22.8 Å². The summed E-state index contributed by atoms with van der Waals surface area (Å²) in [6, 6.07) is 15.8. The third-order valence-electron chi connectivity index (χ3n) is 6.17. The van der Waals surface area contributed by atoms with Gasteiger partial charge in [-0.25, -0.2) is 0 Å². The van der Waals surface area contributed by atoms with Gasteiger partial charge in [0.15, 0.2) is 0 Å². The molecule has 1 atom stereocenters. The van der Waals surface area contributed by atoms with E-state index in [0.717, 1.165) is 66.0 Å². The molecule has 1 N–H and O–H groups in total. The number of H-pyrrole nitrogens is 1. The van der Waals surface area contributed by atoms with Crippen molar-refractivity contribution >= 4 is 5.91 Å². The molecule has 2 aromatic carbocycles. The minimum atomic E-state index is -0.199. The van der Waals surface area contributed by atoms with Gasteiger partial charge in [0.05, 0.1) is 25.5 Å². The van der Waals surface area contributed by atoms with E-state index in [1.54, 1.807) is 7.11 Å². The summed E-state index contributed by atoms with van der Waals surface area (Å²) in [4.78, 5) is 15.4. The molecule has 1 aromatic heterocycles. The second-order valence-electron chi connectivity index (χ2n) is 8.47. The van der Waals surface area contributed by atoms with E-state index < -0.39 is 0 Å². The summed E-state index contributed by atoms with van der Waals surface area (Å²) < 4.78 is 11.3. The predicted molar refractivity (Wildman–Crippen MR) is 130 cm³/mol. The normalized spacial score (nSPS) is 15.1. The molecular weight excluding hydrogens is 414 g/mol. The van der Waals surface area contributed by atoms with Crippen molar-refractivity contribution in [2.75, 3.05) is 20.3 Å². The lowest BCUT2D eigenvalue weighted by molar-refractivity contribution is 0.0740. The lowest BCUT2D eigenvalue weighted by atomic mass is 9.95. The molecule has 0 bridgehead atoms. The molecular formula is C27H33N3O3. The van der Waals surface area contributed by atoms with Crippen molar-refractivity contribution in [3.05, 3.63) is 65.4 Å². The average Bonchev–Trinajstić information content (AvgIpc) is 3.39. The van der Waals surface area contributed by atoms with Gasteiger partial charge < -0.3 is 14.4 Å². The Labute approximate surface area is 195 Å². The molecule has 1 aliphatic heterocycles. The highest BCUT2D eigenvalue weighted by Crippen LogP contribution is 2.43. The smallest absolute Gasteiger partial charge is 0.273 e. The number of carbonyl (C=O) groups is 1. The van der Waals surface area contributed by atoms with Crippen LogP contribution in [0, 0.1) is 0 Å². The molecule has 33 heavy (non-hydrogen) atoms. The van der Waals surface area contributed by atoms with Gasteiger partial charge in [0.1, 0.15) is 17.2 Å². The third-order valence-corrected chi connectivity index (χ3v) is 6.17. The highest BCUT2D eigenvalue weighted by molar-refractivity contribution is 6.00. The van der Waals surface area contributed by atoms with Gasteiger partial charge in [0.2, 0.25) is 0 Å². The molecule has 0 aliphatic carbocycles. The van der Waals surface area contributed by atoms with Crippen molar-refractivity contribution in [2.45, 2.75) is 52.0 Å². The van der Waals surface area contributed by atoms with E-state index in [2.05, 4.69) is 36.2 Å². The second-order valence-corrected chi connectivity index (χ2v) is 8.47. The van der Waals surface area contributed by atoms with Crippen LogP contribution in [-0.2, 0) is 0 Å². The number of amides is 1. The maximum Gasteiger partial charge on any atom is 0.273 e. The van der Waals surface area contributed by atoms with E-state index >= 15 is 0 Å². The zero-order valence-electron chi connectivity index (χ0n) is 19.8. The zero-order chi connectivity index (χ0) is 23.2. The minimum absolute atomic E-state index is 0.00988. The molecule has 3 aromatic rings. The van der Waals surface area contributed by atoms with Crippen LogP contribution in [0.4, 0.5) is 0 Å². The summed E-state index contributed by atoms with van der Waals surface area (Å²) in [6.07, 6.45) is 5.28. The first-order valence-corrected chi connectivity index (χ1v) is 11.9. The summed E-state index contributed by atoms with van der Waals surface area (Å²) in [7, 11) is 1.65. The molecule has 0 radical (unpaired) electrons. The van der Waals surface area contributed by atoms with Gasteiger partial charge in [-0.1, -0.05) is 45.2 Å². The number of aromatic amines is 1. The molecule has 6 heteroatoms. The van der Waals surface area contributed by atoms with Crippen molar-refractivity contribution in [3.63, 3.8) is 0 Å². The van der Waals surface area contributed by atoms with Crippen LogP contribution in [0.2, 0.25) is 0 Å². The van der Waals surface area contributed by atoms with Crippen molar-refractivity contribution in [2.24, 2.45) is 0 Å². The number of nitrogens with one attached hydrogen (secondary N) is 1. The molecule has 1 amide bonds.